The molecule has 0 fully saturated rings. The molecule has 0 saturated heterocycles. The van der Waals surface area contributed by atoms with Gasteiger partial charge in [-0.25, -0.2) is 4.79 Å². The molecule has 0 aromatic heterocycles. The highest BCUT2D eigenvalue weighted by atomic mass is 16.6. The molecule has 0 amide bonds. The van der Waals surface area contributed by atoms with Crippen LogP contribution in [0.2, 0.25) is 0 Å². The van der Waals surface area contributed by atoms with Crippen molar-refractivity contribution in [3.63, 3.8) is 0 Å². The van der Waals surface area contributed by atoms with Gasteiger partial charge in [-0.2, -0.15) is 0 Å². The van der Waals surface area contributed by atoms with Gasteiger partial charge < -0.3 is 20.1 Å². The SMILES string of the molecule is CCOC(=O)C(O)C(O)c1cc(C=O)c(O)c([N+](=O)[O-])c1. The molecule has 0 heterocycles. The average Bonchev–Trinajstić information content (AvgIpc) is 2.45. The summed E-state index contributed by atoms with van der Waals surface area (Å²) < 4.78 is 4.50. The second-order valence-corrected chi connectivity index (χ2v) is 3.99. The summed E-state index contributed by atoms with van der Waals surface area (Å²) in [5, 5.41) is 39.7. The lowest BCUT2D eigenvalue weighted by atomic mass is 10.0. The van der Waals surface area contributed by atoms with E-state index in [0.29, 0.717) is 0 Å². The Morgan fingerprint density at radius 3 is 2.57 bits per heavy atom. The highest BCUT2D eigenvalue weighted by molar-refractivity contribution is 5.83. The quantitative estimate of drug-likeness (QED) is 0.289. The summed E-state index contributed by atoms with van der Waals surface area (Å²) in [7, 11) is 0. The molecular formula is C12H13NO8. The monoisotopic (exact) mass is 299 g/mol. The summed E-state index contributed by atoms with van der Waals surface area (Å²) in [5.41, 5.74) is -1.55. The molecule has 0 radical (unpaired) electrons. The van der Waals surface area contributed by atoms with E-state index in [4.69, 9.17) is 0 Å². The van der Waals surface area contributed by atoms with Crippen molar-refractivity contribution >= 4 is 17.9 Å². The van der Waals surface area contributed by atoms with Gasteiger partial charge >= 0.3 is 11.7 Å². The van der Waals surface area contributed by atoms with Crippen molar-refractivity contribution in [2.24, 2.45) is 0 Å². The van der Waals surface area contributed by atoms with E-state index in [-0.39, 0.29) is 18.5 Å². The molecule has 21 heavy (non-hydrogen) atoms. The van der Waals surface area contributed by atoms with Gasteiger partial charge in [0.15, 0.2) is 12.4 Å². The molecule has 1 aromatic carbocycles. The fraction of sp³-hybridized carbons (Fsp3) is 0.333. The van der Waals surface area contributed by atoms with Crippen LogP contribution in [0.1, 0.15) is 28.9 Å². The third-order valence-electron chi connectivity index (χ3n) is 2.63. The number of hydrogen-bond donors (Lipinski definition) is 3. The van der Waals surface area contributed by atoms with E-state index in [1.165, 1.54) is 6.92 Å². The van der Waals surface area contributed by atoms with Gasteiger partial charge in [0.2, 0.25) is 5.75 Å². The zero-order valence-corrected chi connectivity index (χ0v) is 10.9. The van der Waals surface area contributed by atoms with E-state index in [1.54, 1.807) is 0 Å². The first-order chi connectivity index (χ1) is 9.83. The number of ether oxygens (including phenoxy) is 1. The molecule has 0 bridgehead atoms. The molecule has 0 spiro atoms. The number of aldehydes is 1. The molecule has 0 saturated carbocycles. The highest BCUT2D eigenvalue weighted by Crippen LogP contribution is 2.33. The second kappa shape index (κ2) is 6.77. The third-order valence-corrected chi connectivity index (χ3v) is 2.63. The zero-order chi connectivity index (χ0) is 16.2. The van der Waals surface area contributed by atoms with Crippen molar-refractivity contribution < 1.29 is 34.6 Å². The van der Waals surface area contributed by atoms with E-state index < -0.39 is 40.1 Å². The molecule has 114 valence electrons. The number of aromatic hydroxyl groups is 1. The van der Waals surface area contributed by atoms with Gasteiger partial charge in [0, 0.05) is 6.07 Å². The molecule has 0 aliphatic carbocycles. The van der Waals surface area contributed by atoms with E-state index in [2.05, 4.69) is 4.74 Å². The number of nitrogens with zero attached hydrogens (tertiary/aromatic N) is 1. The van der Waals surface area contributed by atoms with Crippen molar-refractivity contribution in [3.05, 3.63) is 33.4 Å². The Hall–Kier alpha value is -2.52. The summed E-state index contributed by atoms with van der Waals surface area (Å²) in [6.45, 7) is 1.46. The molecule has 0 aliphatic rings. The number of rotatable bonds is 6. The first-order valence-electron chi connectivity index (χ1n) is 5.82. The fourth-order valence-electron chi connectivity index (χ4n) is 1.60. The number of nitro benzene ring substituents is 1. The Morgan fingerprint density at radius 2 is 2.10 bits per heavy atom. The number of nitro groups is 1. The first kappa shape index (κ1) is 16.5. The highest BCUT2D eigenvalue weighted by Gasteiger charge is 2.30. The lowest BCUT2D eigenvalue weighted by molar-refractivity contribution is -0.386. The number of aliphatic hydroxyl groups excluding tert-OH is 2. The second-order valence-electron chi connectivity index (χ2n) is 3.99. The van der Waals surface area contributed by atoms with Crippen molar-refractivity contribution in [2.75, 3.05) is 6.61 Å². The van der Waals surface area contributed by atoms with E-state index in [1.807, 2.05) is 0 Å². The lowest BCUT2D eigenvalue weighted by Gasteiger charge is -2.17. The summed E-state index contributed by atoms with van der Waals surface area (Å²) in [6.07, 6.45) is -3.68. The van der Waals surface area contributed by atoms with Gasteiger partial charge in [-0.1, -0.05) is 0 Å². The number of aliphatic hydroxyl groups is 2. The molecule has 2 atom stereocenters. The average molecular weight is 299 g/mol. The largest absolute Gasteiger partial charge is 0.502 e. The van der Waals surface area contributed by atoms with Gasteiger partial charge in [0.1, 0.15) is 6.10 Å². The Kier molecular flexibility index (Phi) is 5.33. The molecule has 3 N–H and O–H groups in total. The number of carbonyl (C=O) groups excluding carboxylic acids is 2. The van der Waals surface area contributed by atoms with Crippen LogP contribution in [0.5, 0.6) is 5.75 Å². The van der Waals surface area contributed by atoms with Crippen molar-refractivity contribution in [1.82, 2.24) is 0 Å². The standard InChI is InChI=1S/C12H13NO8/c1-2-21-12(18)11(17)10(16)6-3-7(5-14)9(15)8(4-6)13(19)20/h3-5,10-11,15-17H,2H2,1H3. The maximum absolute atomic E-state index is 11.3. The summed E-state index contributed by atoms with van der Waals surface area (Å²) >= 11 is 0. The molecule has 1 rings (SSSR count). The summed E-state index contributed by atoms with van der Waals surface area (Å²) in [4.78, 5) is 31.9. The maximum atomic E-state index is 11.3. The lowest BCUT2D eigenvalue weighted by Crippen LogP contribution is -2.30. The van der Waals surface area contributed by atoms with Crippen molar-refractivity contribution in [2.45, 2.75) is 19.1 Å². The van der Waals surface area contributed by atoms with E-state index >= 15 is 0 Å². The summed E-state index contributed by atoms with van der Waals surface area (Å²) in [5.74, 6) is -1.98. The van der Waals surface area contributed by atoms with Gasteiger partial charge in [0.25, 0.3) is 0 Å². The van der Waals surface area contributed by atoms with Gasteiger partial charge in [-0.3, -0.25) is 14.9 Å². The zero-order valence-electron chi connectivity index (χ0n) is 10.9. The minimum atomic E-state index is -1.98. The Morgan fingerprint density at radius 1 is 1.48 bits per heavy atom. The minimum Gasteiger partial charge on any atom is -0.502 e. The predicted octanol–water partition coefficient (Wildman–Crippen LogP) is 0.0703. The molecule has 1 aromatic rings. The Bertz CT molecular complexity index is 571. The van der Waals surface area contributed by atoms with Crippen LogP contribution in [0, 0.1) is 10.1 Å². The number of hydrogen-bond acceptors (Lipinski definition) is 8. The van der Waals surface area contributed by atoms with Crippen molar-refractivity contribution in [3.8, 4) is 5.75 Å². The fourth-order valence-corrected chi connectivity index (χ4v) is 1.60. The number of phenolic OH excluding ortho intramolecular Hbond substituents is 1. The topological polar surface area (TPSA) is 147 Å². The van der Waals surface area contributed by atoms with Gasteiger partial charge in [-0.15, -0.1) is 0 Å². The number of carbonyl (C=O) groups is 2. The number of phenols is 1. The number of esters is 1. The first-order valence-corrected chi connectivity index (χ1v) is 5.82. The van der Waals surface area contributed by atoms with Crippen LogP contribution in [-0.4, -0.2) is 45.2 Å². The molecule has 9 nitrogen and oxygen atoms in total. The van der Waals surface area contributed by atoms with Crippen LogP contribution in [0.25, 0.3) is 0 Å². The molecule has 2 unspecified atom stereocenters. The van der Waals surface area contributed by atoms with Crippen LogP contribution < -0.4 is 0 Å². The van der Waals surface area contributed by atoms with Crippen LogP contribution in [0.15, 0.2) is 12.1 Å². The van der Waals surface area contributed by atoms with Crippen LogP contribution >= 0.6 is 0 Å². The maximum Gasteiger partial charge on any atom is 0.338 e. The Balaban J connectivity index is 3.23. The van der Waals surface area contributed by atoms with Crippen LogP contribution in [0.4, 0.5) is 5.69 Å². The summed E-state index contributed by atoms with van der Waals surface area (Å²) in [6, 6.07) is 1.69. The third kappa shape index (κ3) is 3.52. The molecule has 9 heteroatoms. The normalized spacial score (nSPS) is 13.3. The number of benzene rings is 1. The molecular weight excluding hydrogens is 286 g/mol. The van der Waals surface area contributed by atoms with E-state index in [0.717, 1.165) is 12.1 Å². The van der Waals surface area contributed by atoms with Gasteiger partial charge in [0.05, 0.1) is 17.1 Å². The molecule has 0 aliphatic heterocycles. The predicted molar refractivity (Wildman–Crippen MR) is 67.7 cm³/mol. The van der Waals surface area contributed by atoms with Crippen LogP contribution in [0.3, 0.4) is 0 Å². The van der Waals surface area contributed by atoms with Crippen molar-refractivity contribution in [1.29, 1.82) is 0 Å². The van der Waals surface area contributed by atoms with Crippen LogP contribution in [-0.2, 0) is 9.53 Å². The van der Waals surface area contributed by atoms with Gasteiger partial charge in [-0.05, 0) is 18.6 Å². The minimum absolute atomic E-state index is 0.0298. The van der Waals surface area contributed by atoms with E-state index in [9.17, 15) is 35.0 Å². The smallest absolute Gasteiger partial charge is 0.338 e. The Labute approximate surface area is 118 Å².